The molecular formula is C7H15NaO3S. The molecule has 5 heteroatoms. The Morgan fingerprint density at radius 3 is 1.92 bits per heavy atom. The minimum Gasteiger partial charge on any atom is -0.748 e. The summed E-state index contributed by atoms with van der Waals surface area (Å²) in [5.41, 5.74) is 0. The summed E-state index contributed by atoms with van der Waals surface area (Å²) in [6.45, 7) is 4.01. The average Bonchev–Trinajstić information content (AvgIpc) is 1.88. The van der Waals surface area contributed by atoms with E-state index in [9.17, 15) is 13.0 Å². The molecule has 0 saturated heterocycles. The summed E-state index contributed by atoms with van der Waals surface area (Å²) < 4.78 is 30.6. The van der Waals surface area contributed by atoms with Crippen LogP contribution in [-0.4, -0.2) is 18.7 Å². The maximum Gasteiger partial charge on any atom is 1.00 e. The summed E-state index contributed by atoms with van der Waals surface area (Å²) in [5, 5.41) is 0. The molecule has 0 radical (unpaired) electrons. The van der Waals surface area contributed by atoms with Crippen molar-refractivity contribution in [2.45, 2.75) is 33.1 Å². The van der Waals surface area contributed by atoms with E-state index in [-0.39, 0.29) is 35.3 Å². The second-order valence-electron chi connectivity index (χ2n) is 2.73. The Morgan fingerprint density at radius 2 is 1.67 bits per heavy atom. The normalized spacial score (nSPS) is 11.3. The Hall–Kier alpha value is 0.910. The van der Waals surface area contributed by atoms with E-state index in [4.69, 9.17) is 0 Å². The van der Waals surface area contributed by atoms with Crippen molar-refractivity contribution < 1.29 is 42.5 Å². The monoisotopic (exact) mass is 202 g/mol. The third-order valence-electron chi connectivity index (χ3n) is 1.93. The summed E-state index contributed by atoms with van der Waals surface area (Å²) in [5.74, 6) is 0.179. The first-order chi connectivity index (χ1) is 4.99. The van der Waals surface area contributed by atoms with E-state index in [0.29, 0.717) is 12.3 Å². The molecule has 0 spiro atoms. The number of hydrogen-bond acceptors (Lipinski definition) is 3. The summed E-state index contributed by atoms with van der Waals surface area (Å²) >= 11 is 0. The third-order valence-corrected chi connectivity index (χ3v) is 2.67. The zero-order valence-electron chi connectivity index (χ0n) is 8.04. The predicted molar refractivity (Wildman–Crippen MR) is 43.3 cm³/mol. The maximum absolute atomic E-state index is 10.2. The van der Waals surface area contributed by atoms with E-state index >= 15 is 0 Å². The van der Waals surface area contributed by atoms with E-state index in [1.54, 1.807) is 0 Å². The summed E-state index contributed by atoms with van der Waals surface area (Å²) in [7, 11) is -3.99. The second-order valence-corrected chi connectivity index (χ2v) is 4.26. The van der Waals surface area contributed by atoms with Gasteiger partial charge in [0.05, 0.1) is 10.1 Å². The fourth-order valence-electron chi connectivity index (χ4n) is 1.01. The van der Waals surface area contributed by atoms with Gasteiger partial charge in [-0.1, -0.05) is 26.7 Å². The van der Waals surface area contributed by atoms with E-state index in [1.807, 2.05) is 13.8 Å². The van der Waals surface area contributed by atoms with Crippen LogP contribution in [0.5, 0.6) is 0 Å². The molecule has 0 aromatic rings. The van der Waals surface area contributed by atoms with Gasteiger partial charge in [-0.25, -0.2) is 8.42 Å². The van der Waals surface area contributed by atoms with Crippen LogP contribution in [0, 0.1) is 5.92 Å². The van der Waals surface area contributed by atoms with Crippen LogP contribution in [0.4, 0.5) is 0 Å². The van der Waals surface area contributed by atoms with Crippen molar-refractivity contribution in [1.29, 1.82) is 0 Å². The average molecular weight is 202 g/mol. The Morgan fingerprint density at radius 1 is 1.25 bits per heavy atom. The largest absolute Gasteiger partial charge is 1.00 e. The van der Waals surface area contributed by atoms with Crippen molar-refractivity contribution in [1.82, 2.24) is 0 Å². The standard InChI is InChI=1S/C7H16O3S.Na/c1-3-7(4-2)5-6-11(8,9)10;/h7H,3-6H2,1-2H3,(H,8,9,10);/q;+1/p-1. The molecule has 0 aromatic heterocycles. The first-order valence-corrected chi connectivity index (χ1v) is 5.50. The third kappa shape index (κ3) is 9.00. The summed E-state index contributed by atoms with van der Waals surface area (Å²) in [6, 6.07) is 0. The van der Waals surface area contributed by atoms with Gasteiger partial charge in [-0.15, -0.1) is 0 Å². The minimum atomic E-state index is -3.99. The molecule has 0 atom stereocenters. The van der Waals surface area contributed by atoms with Crippen molar-refractivity contribution >= 4 is 10.1 Å². The number of hydrogen-bond donors (Lipinski definition) is 0. The van der Waals surface area contributed by atoms with Gasteiger partial charge in [0.1, 0.15) is 0 Å². The van der Waals surface area contributed by atoms with E-state index in [1.165, 1.54) is 0 Å². The number of rotatable bonds is 5. The quantitative estimate of drug-likeness (QED) is 0.397. The molecule has 0 bridgehead atoms. The Labute approximate surface area is 97.0 Å². The fraction of sp³-hybridized carbons (Fsp3) is 1.00. The molecule has 3 nitrogen and oxygen atoms in total. The van der Waals surface area contributed by atoms with Gasteiger partial charge in [0.15, 0.2) is 0 Å². The van der Waals surface area contributed by atoms with E-state index < -0.39 is 10.1 Å². The van der Waals surface area contributed by atoms with Crippen LogP contribution in [0.2, 0.25) is 0 Å². The predicted octanol–water partition coefficient (Wildman–Crippen LogP) is -1.64. The molecule has 0 saturated carbocycles. The molecule has 0 heterocycles. The van der Waals surface area contributed by atoms with Crippen molar-refractivity contribution in [3.8, 4) is 0 Å². The van der Waals surface area contributed by atoms with E-state index in [2.05, 4.69) is 0 Å². The van der Waals surface area contributed by atoms with Crippen LogP contribution >= 0.6 is 0 Å². The van der Waals surface area contributed by atoms with Gasteiger partial charge in [-0.05, 0) is 12.3 Å². The summed E-state index contributed by atoms with van der Waals surface area (Å²) in [6.07, 6.45) is 2.41. The van der Waals surface area contributed by atoms with Gasteiger partial charge in [-0.2, -0.15) is 0 Å². The van der Waals surface area contributed by atoms with Gasteiger partial charge < -0.3 is 4.55 Å². The van der Waals surface area contributed by atoms with Crippen molar-refractivity contribution in [3.05, 3.63) is 0 Å². The molecule has 0 aliphatic heterocycles. The van der Waals surface area contributed by atoms with Crippen LogP contribution in [0.25, 0.3) is 0 Å². The molecule has 0 aromatic carbocycles. The molecule has 0 aliphatic rings. The van der Waals surface area contributed by atoms with Gasteiger partial charge in [0, 0.05) is 5.75 Å². The van der Waals surface area contributed by atoms with Crippen LogP contribution in [0.3, 0.4) is 0 Å². The maximum atomic E-state index is 10.2. The fourth-order valence-corrected chi connectivity index (χ4v) is 1.63. The molecule has 0 aliphatic carbocycles. The van der Waals surface area contributed by atoms with Crippen molar-refractivity contribution in [3.63, 3.8) is 0 Å². The molecule has 12 heavy (non-hydrogen) atoms. The SMILES string of the molecule is CCC(CC)CCS(=O)(=O)[O-].[Na+]. The van der Waals surface area contributed by atoms with Crippen molar-refractivity contribution in [2.24, 2.45) is 5.92 Å². The molecule has 0 fully saturated rings. The second kappa shape index (κ2) is 7.33. The molecule has 68 valence electrons. The first kappa shape index (κ1) is 15.4. The first-order valence-electron chi connectivity index (χ1n) is 3.93. The zero-order chi connectivity index (χ0) is 8.91. The zero-order valence-corrected chi connectivity index (χ0v) is 10.9. The Kier molecular flexibility index (Phi) is 9.39. The summed E-state index contributed by atoms with van der Waals surface area (Å²) in [4.78, 5) is 0. The smallest absolute Gasteiger partial charge is 0.748 e. The van der Waals surface area contributed by atoms with Crippen LogP contribution in [0.15, 0.2) is 0 Å². The minimum absolute atomic E-state index is 0. The van der Waals surface area contributed by atoms with Crippen molar-refractivity contribution in [2.75, 3.05) is 5.75 Å². The Balaban J connectivity index is 0. The Bertz CT molecular complexity index is 185. The van der Waals surface area contributed by atoms with Gasteiger partial charge >= 0.3 is 29.6 Å². The van der Waals surface area contributed by atoms with Crippen LogP contribution < -0.4 is 29.6 Å². The molecule has 0 rings (SSSR count). The molecule has 0 amide bonds. The van der Waals surface area contributed by atoms with Gasteiger partial charge in [-0.3, -0.25) is 0 Å². The molecule has 0 unspecified atom stereocenters. The topological polar surface area (TPSA) is 57.2 Å². The van der Waals surface area contributed by atoms with Gasteiger partial charge in [0.2, 0.25) is 0 Å². The van der Waals surface area contributed by atoms with Crippen LogP contribution in [-0.2, 0) is 10.1 Å². The van der Waals surface area contributed by atoms with Gasteiger partial charge in [0.25, 0.3) is 0 Å². The van der Waals surface area contributed by atoms with Crippen LogP contribution in [0.1, 0.15) is 33.1 Å². The van der Waals surface area contributed by atoms with E-state index in [0.717, 1.165) is 12.8 Å². The molecule has 0 N–H and O–H groups in total. The molecular weight excluding hydrogens is 187 g/mol.